The molecule has 1 aromatic heterocycles. The predicted molar refractivity (Wildman–Crippen MR) is 104 cm³/mol. The highest BCUT2D eigenvalue weighted by molar-refractivity contribution is 7.19. The van der Waals surface area contributed by atoms with Crippen molar-refractivity contribution >= 4 is 22.1 Å². The Bertz CT molecular complexity index is 976. The summed E-state index contributed by atoms with van der Waals surface area (Å²) in [5.41, 5.74) is 2.47. The molecule has 0 aliphatic rings. The SMILES string of the molecule is COc1ccc(-c2[s+]c(-c3ccccc3)cc3ccccc23)cc1. The first-order valence-corrected chi connectivity index (χ1v) is 8.72. The summed E-state index contributed by atoms with van der Waals surface area (Å²) in [7, 11) is 1.70. The molecule has 24 heavy (non-hydrogen) atoms. The van der Waals surface area contributed by atoms with Crippen LogP contribution in [0, 0.1) is 0 Å². The molecule has 0 atom stereocenters. The fraction of sp³-hybridized carbons (Fsp3) is 0.0455. The van der Waals surface area contributed by atoms with E-state index in [-0.39, 0.29) is 0 Å². The van der Waals surface area contributed by atoms with Crippen LogP contribution in [0.3, 0.4) is 0 Å². The molecule has 1 nitrogen and oxygen atoms in total. The highest BCUT2D eigenvalue weighted by atomic mass is 32.1. The first kappa shape index (κ1) is 14.9. The Kier molecular flexibility index (Phi) is 3.97. The van der Waals surface area contributed by atoms with Crippen LogP contribution < -0.4 is 4.74 Å². The van der Waals surface area contributed by atoms with Crippen LogP contribution in [0.2, 0.25) is 0 Å². The lowest BCUT2D eigenvalue weighted by Gasteiger charge is -2.03. The Balaban J connectivity index is 1.95. The van der Waals surface area contributed by atoms with E-state index in [1.165, 1.54) is 31.7 Å². The molecule has 0 saturated carbocycles. The van der Waals surface area contributed by atoms with E-state index in [9.17, 15) is 0 Å². The zero-order valence-corrected chi connectivity index (χ0v) is 14.2. The summed E-state index contributed by atoms with van der Waals surface area (Å²) < 4.78 is 5.29. The first-order chi connectivity index (χ1) is 11.8. The molecule has 0 N–H and O–H groups in total. The first-order valence-electron chi connectivity index (χ1n) is 7.91. The van der Waals surface area contributed by atoms with Crippen LogP contribution in [-0.4, -0.2) is 7.11 Å². The molecule has 4 rings (SSSR count). The van der Waals surface area contributed by atoms with Crippen LogP contribution in [-0.2, 0) is 0 Å². The molecule has 0 aliphatic heterocycles. The molecule has 0 spiro atoms. The van der Waals surface area contributed by atoms with Crippen molar-refractivity contribution in [3.8, 4) is 26.6 Å². The van der Waals surface area contributed by atoms with Gasteiger partial charge in [-0.1, -0.05) is 36.4 Å². The van der Waals surface area contributed by atoms with Crippen LogP contribution in [0.15, 0.2) is 84.9 Å². The monoisotopic (exact) mass is 329 g/mol. The highest BCUT2D eigenvalue weighted by Gasteiger charge is 2.20. The van der Waals surface area contributed by atoms with Crippen LogP contribution in [0.25, 0.3) is 31.7 Å². The van der Waals surface area contributed by atoms with Gasteiger partial charge in [0.05, 0.1) is 7.11 Å². The predicted octanol–water partition coefficient (Wildman–Crippen LogP) is 6.53. The van der Waals surface area contributed by atoms with Crippen molar-refractivity contribution in [3.63, 3.8) is 0 Å². The van der Waals surface area contributed by atoms with Crippen LogP contribution in [0.1, 0.15) is 0 Å². The minimum atomic E-state index is 0.882. The van der Waals surface area contributed by atoms with Gasteiger partial charge >= 0.3 is 0 Å². The molecule has 0 radical (unpaired) electrons. The van der Waals surface area contributed by atoms with Crippen molar-refractivity contribution in [2.75, 3.05) is 7.11 Å². The van der Waals surface area contributed by atoms with Gasteiger partial charge in [0.2, 0.25) is 21.1 Å². The Morgan fingerprint density at radius 3 is 2.17 bits per heavy atom. The maximum atomic E-state index is 5.29. The van der Waals surface area contributed by atoms with E-state index in [2.05, 4.69) is 72.8 Å². The topological polar surface area (TPSA) is 9.23 Å². The van der Waals surface area contributed by atoms with Crippen molar-refractivity contribution in [1.29, 1.82) is 0 Å². The third-order valence-electron chi connectivity index (χ3n) is 4.11. The van der Waals surface area contributed by atoms with Crippen molar-refractivity contribution < 1.29 is 4.74 Å². The number of benzene rings is 3. The van der Waals surface area contributed by atoms with Gasteiger partial charge < -0.3 is 4.74 Å². The van der Waals surface area contributed by atoms with Gasteiger partial charge in [-0.2, -0.15) is 0 Å². The Labute approximate surface area is 145 Å². The molecular formula is C22H17OS+. The number of hydrogen-bond donors (Lipinski definition) is 0. The Hall–Kier alpha value is -2.71. The number of methoxy groups -OCH3 is 1. The molecule has 116 valence electrons. The molecule has 0 unspecified atom stereocenters. The average molecular weight is 329 g/mol. The average Bonchev–Trinajstić information content (AvgIpc) is 2.68. The van der Waals surface area contributed by atoms with E-state index < -0.39 is 0 Å². The van der Waals surface area contributed by atoms with E-state index in [1.54, 1.807) is 7.11 Å². The number of ether oxygens (including phenoxy) is 1. The zero-order valence-electron chi connectivity index (χ0n) is 13.4. The molecule has 2 heteroatoms. The van der Waals surface area contributed by atoms with Crippen LogP contribution in [0.5, 0.6) is 5.75 Å². The maximum Gasteiger partial charge on any atom is 0.246 e. The summed E-state index contributed by atoms with van der Waals surface area (Å²) in [5, 5.41) is 2.55. The normalized spacial score (nSPS) is 10.7. The van der Waals surface area contributed by atoms with Gasteiger partial charge in [-0.05, 0) is 47.9 Å². The molecule has 3 aromatic carbocycles. The molecule has 0 saturated heterocycles. The van der Waals surface area contributed by atoms with Crippen LogP contribution in [0.4, 0.5) is 0 Å². The molecule has 0 aliphatic carbocycles. The standard InChI is InChI=1S/C22H17OS/c1-23-19-13-11-17(12-14-19)22-20-10-6-5-9-18(20)15-21(24-22)16-7-3-2-4-8-16/h2-15H,1H3/q+1. The second-order valence-electron chi connectivity index (χ2n) is 5.62. The van der Waals surface area contributed by atoms with Crippen molar-refractivity contribution in [2.45, 2.75) is 0 Å². The maximum absolute atomic E-state index is 5.29. The molecule has 0 bridgehead atoms. The number of hydrogen-bond acceptors (Lipinski definition) is 1. The van der Waals surface area contributed by atoms with Crippen LogP contribution >= 0.6 is 11.3 Å². The van der Waals surface area contributed by atoms with Gasteiger partial charge in [0.15, 0.2) is 0 Å². The fourth-order valence-electron chi connectivity index (χ4n) is 2.87. The molecule has 0 amide bonds. The van der Waals surface area contributed by atoms with Gasteiger partial charge in [-0.15, -0.1) is 0 Å². The van der Waals surface area contributed by atoms with Crippen molar-refractivity contribution in [3.05, 3.63) is 84.9 Å². The van der Waals surface area contributed by atoms with Gasteiger partial charge in [-0.25, -0.2) is 0 Å². The van der Waals surface area contributed by atoms with Gasteiger partial charge in [0.25, 0.3) is 0 Å². The van der Waals surface area contributed by atoms with Gasteiger partial charge in [0, 0.05) is 22.6 Å². The second-order valence-corrected chi connectivity index (χ2v) is 6.67. The molecule has 4 aromatic rings. The summed E-state index contributed by atoms with van der Waals surface area (Å²) in [5.74, 6) is 0.882. The van der Waals surface area contributed by atoms with Crippen molar-refractivity contribution in [2.24, 2.45) is 0 Å². The van der Waals surface area contributed by atoms with E-state index >= 15 is 0 Å². The number of fused-ring (bicyclic) bond motifs is 1. The lowest BCUT2D eigenvalue weighted by atomic mass is 10.1. The summed E-state index contributed by atoms with van der Waals surface area (Å²) in [6.07, 6.45) is 0. The lowest BCUT2D eigenvalue weighted by molar-refractivity contribution is 0.415. The fourth-order valence-corrected chi connectivity index (χ4v) is 4.08. The van der Waals surface area contributed by atoms with E-state index in [1.807, 2.05) is 23.5 Å². The second kappa shape index (κ2) is 6.42. The third kappa shape index (κ3) is 2.77. The Morgan fingerprint density at radius 2 is 1.42 bits per heavy atom. The van der Waals surface area contributed by atoms with E-state index in [4.69, 9.17) is 4.74 Å². The minimum absolute atomic E-state index is 0.882. The lowest BCUT2D eigenvalue weighted by Crippen LogP contribution is -1.84. The highest BCUT2D eigenvalue weighted by Crippen LogP contribution is 2.39. The minimum Gasteiger partial charge on any atom is -0.497 e. The van der Waals surface area contributed by atoms with Gasteiger partial charge in [-0.3, -0.25) is 0 Å². The zero-order chi connectivity index (χ0) is 16.4. The molecular weight excluding hydrogens is 312 g/mol. The smallest absolute Gasteiger partial charge is 0.246 e. The van der Waals surface area contributed by atoms with E-state index in [0.717, 1.165) is 5.75 Å². The summed E-state index contributed by atoms with van der Waals surface area (Å²) in [4.78, 5) is 2.56. The summed E-state index contributed by atoms with van der Waals surface area (Å²) >= 11 is 1.83. The quantitative estimate of drug-likeness (QED) is 0.388. The molecule has 0 fully saturated rings. The summed E-state index contributed by atoms with van der Waals surface area (Å²) in [6, 6.07) is 29.7. The summed E-state index contributed by atoms with van der Waals surface area (Å²) in [6.45, 7) is 0. The van der Waals surface area contributed by atoms with Crippen molar-refractivity contribution in [1.82, 2.24) is 0 Å². The molecule has 1 heterocycles. The largest absolute Gasteiger partial charge is 0.497 e. The van der Waals surface area contributed by atoms with Gasteiger partial charge in [0.1, 0.15) is 5.75 Å². The Morgan fingerprint density at radius 1 is 0.708 bits per heavy atom. The third-order valence-corrected chi connectivity index (χ3v) is 5.35. The number of rotatable bonds is 3. The van der Waals surface area contributed by atoms with E-state index in [0.29, 0.717) is 0 Å².